The highest BCUT2D eigenvalue weighted by molar-refractivity contribution is 7.99. The molecule has 0 bridgehead atoms. The van der Waals surface area contributed by atoms with Crippen LogP contribution in [0.25, 0.3) is 0 Å². The highest BCUT2D eigenvalue weighted by Crippen LogP contribution is 2.51. The Morgan fingerprint density at radius 1 is 0.527 bits per heavy atom. The number of rotatable bonds is 24. The van der Waals surface area contributed by atoms with E-state index in [-0.39, 0.29) is 52.7 Å². The van der Waals surface area contributed by atoms with Crippen LogP contribution in [0.3, 0.4) is 0 Å². The first-order chi connectivity index (χ1) is 52.9. The molecule has 588 valence electrons. The molecule has 0 spiro atoms. The molecule has 25 nitrogen and oxygen atoms in total. The van der Waals surface area contributed by atoms with Crippen LogP contribution in [-0.4, -0.2) is 158 Å². The molecule has 10 aromatic rings. The molecule has 4 saturated heterocycles. The maximum Gasteiger partial charge on any atom is 0.260 e. The second-order valence-corrected chi connectivity index (χ2v) is 32.5. The van der Waals surface area contributed by atoms with E-state index in [0.29, 0.717) is 110 Å². The zero-order valence-corrected chi connectivity index (χ0v) is 63.9. The summed E-state index contributed by atoms with van der Waals surface area (Å²) >= 11 is 10.1. The van der Waals surface area contributed by atoms with Crippen molar-refractivity contribution in [1.29, 1.82) is 0 Å². The van der Waals surface area contributed by atoms with Crippen LogP contribution in [0.1, 0.15) is 104 Å². The van der Waals surface area contributed by atoms with E-state index in [4.69, 9.17) is 21.6 Å². The molecule has 3 aliphatic carbocycles. The number of aromatic amines is 3. The maximum atomic E-state index is 15.2. The largest absolute Gasteiger partial charge is 0.354 e. The lowest BCUT2D eigenvalue weighted by molar-refractivity contribution is -0.121. The third-order valence-corrected chi connectivity index (χ3v) is 22.8. The molecule has 0 radical (unpaired) electrons. The first-order valence-corrected chi connectivity index (χ1v) is 39.2. The van der Waals surface area contributed by atoms with Gasteiger partial charge in [-0.3, -0.25) is 34.6 Å². The predicted molar refractivity (Wildman–Crippen MR) is 433 cm³/mol. The first-order valence-electron chi connectivity index (χ1n) is 36.4. The topological polar surface area (TPSA) is 300 Å². The lowest BCUT2D eigenvalue weighted by atomic mass is 9.91. The number of anilines is 12. The lowest BCUT2D eigenvalue weighted by Crippen LogP contribution is -2.60. The molecule has 7 fully saturated rings. The van der Waals surface area contributed by atoms with Crippen LogP contribution in [0, 0.1) is 44.3 Å². The summed E-state index contributed by atoms with van der Waals surface area (Å²) in [6.45, 7) is 13.8. The minimum atomic E-state index is -2.90. The van der Waals surface area contributed by atoms with Gasteiger partial charge in [0.1, 0.15) is 40.5 Å². The Labute approximate surface area is 660 Å². The molecule has 3 amide bonds. The molecule has 1 unspecified atom stereocenters. The van der Waals surface area contributed by atoms with Crippen LogP contribution in [0.4, 0.5) is 91.4 Å². The van der Waals surface area contributed by atoms with Crippen molar-refractivity contribution >= 4 is 134 Å². The Bertz CT molecular complexity index is 5040. The van der Waals surface area contributed by atoms with Gasteiger partial charge in [0.15, 0.2) is 44.6 Å². The van der Waals surface area contributed by atoms with E-state index >= 15 is 8.78 Å². The fraction of sp³-hybridized carbons (Fsp3) is 0.368. The number of benzene rings is 4. The van der Waals surface area contributed by atoms with Gasteiger partial charge in [-0.15, -0.1) is 0 Å². The SMILES string of the molecule is Cc1cc(Nc2cc(N3CC(F)(C4CC4)C3)nc(Sc3ccc(NC(=O)C4CC4(F)F)cc3)n2)n[nH]1.Cc1cc(Nc2cc(N3CC(F)(C4CC4)C3)nc(Sc3ccc(NC(=O)[C@H]4CCCN4C(C)C)cc3)n2)n[nH]1.Cc1cc(Nc2nc(Sc3ccc(NC(=O)c4ccccc4Cl)cc3)nc(N3CCC3)c2F)n[nH]1.[HH].[HH].[HH].[HH].[HH].[HH].[HH].[HH]. The quantitative estimate of drug-likeness (QED) is 0.0201. The van der Waals surface area contributed by atoms with Gasteiger partial charge in [0, 0.05) is 116 Å². The number of hydrogen-bond acceptors (Lipinski definition) is 22. The Hall–Kier alpha value is -10.1. The number of nitrogens with zero attached hydrogens (tertiary/aromatic N) is 13. The number of amides is 3. The van der Waals surface area contributed by atoms with Crippen molar-refractivity contribution in [3.63, 3.8) is 0 Å². The van der Waals surface area contributed by atoms with Crippen LogP contribution < -0.4 is 46.6 Å². The molecule has 3 saturated carbocycles. The summed E-state index contributed by atoms with van der Waals surface area (Å²) in [6.07, 6.45) is 6.37. The van der Waals surface area contributed by atoms with Crippen LogP contribution >= 0.6 is 46.9 Å². The smallest absolute Gasteiger partial charge is 0.260 e. The molecular formula is C76H96ClF5N22O3S3. The predicted octanol–water partition coefficient (Wildman–Crippen LogP) is 17.7. The van der Waals surface area contributed by atoms with Crippen LogP contribution in [0.5, 0.6) is 0 Å². The molecule has 17 rings (SSSR count). The number of carbonyl (C=O) groups excluding carboxylic acids is 3. The van der Waals surface area contributed by atoms with Crippen molar-refractivity contribution in [1.82, 2.24) is 65.4 Å². The fourth-order valence-corrected chi connectivity index (χ4v) is 15.8. The van der Waals surface area contributed by atoms with Crippen molar-refractivity contribution in [3.05, 3.63) is 161 Å². The molecule has 7 aliphatic rings. The van der Waals surface area contributed by atoms with Gasteiger partial charge in [-0.1, -0.05) is 23.7 Å². The molecule has 110 heavy (non-hydrogen) atoms. The minimum Gasteiger partial charge on any atom is -0.354 e. The fourth-order valence-electron chi connectivity index (χ4n) is 13.3. The average molecular weight is 1590 g/mol. The van der Waals surface area contributed by atoms with E-state index in [1.54, 1.807) is 72.8 Å². The molecule has 9 N–H and O–H groups in total. The third-order valence-electron chi connectivity index (χ3n) is 19.8. The summed E-state index contributed by atoms with van der Waals surface area (Å²) in [7, 11) is 0. The monoisotopic (exact) mass is 1590 g/mol. The molecular weight excluding hydrogens is 1500 g/mol. The Morgan fingerprint density at radius 2 is 0.973 bits per heavy atom. The zero-order valence-electron chi connectivity index (χ0n) is 60.6. The summed E-state index contributed by atoms with van der Waals surface area (Å²) in [4.78, 5) is 75.5. The number of likely N-dealkylation sites (tertiary alicyclic amines) is 1. The minimum absolute atomic E-state index is 0. The van der Waals surface area contributed by atoms with Crippen molar-refractivity contribution < 1.29 is 47.7 Å². The van der Waals surface area contributed by atoms with Gasteiger partial charge in [-0.05, 0) is 218 Å². The van der Waals surface area contributed by atoms with Gasteiger partial charge >= 0.3 is 0 Å². The Morgan fingerprint density at radius 3 is 1.39 bits per heavy atom. The Balaban J connectivity index is 0.000000237. The van der Waals surface area contributed by atoms with E-state index in [1.807, 2.05) is 90.1 Å². The van der Waals surface area contributed by atoms with Crippen LogP contribution in [-0.2, 0) is 9.59 Å². The lowest BCUT2D eigenvalue weighted by Gasteiger charge is -2.45. The number of hydrogen-bond donors (Lipinski definition) is 9. The second kappa shape index (κ2) is 31.7. The van der Waals surface area contributed by atoms with Crippen molar-refractivity contribution in [3.8, 4) is 0 Å². The molecule has 34 heteroatoms. The van der Waals surface area contributed by atoms with Gasteiger partial charge in [0.2, 0.25) is 17.6 Å². The summed E-state index contributed by atoms with van der Waals surface area (Å²) < 4.78 is 71.4. The second-order valence-electron chi connectivity index (χ2n) is 28.9. The number of aromatic nitrogens is 12. The average Bonchev–Trinajstić information content (AvgIpc) is 1.58. The third kappa shape index (κ3) is 18.2. The number of nitrogens with one attached hydrogen (secondary N) is 9. The van der Waals surface area contributed by atoms with Gasteiger partial charge in [0.05, 0.1) is 42.8 Å². The van der Waals surface area contributed by atoms with Crippen LogP contribution in [0.15, 0.2) is 158 Å². The summed E-state index contributed by atoms with van der Waals surface area (Å²) in [5.74, 6) is -0.689. The molecule has 2 atom stereocenters. The van der Waals surface area contributed by atoms with Crippen molar-refractivity contribution in [2.24, 2.45) is 17.8 Å². The zero-order chi connectivity index (χ0) is 76.6. The molecule has 10 heterocycles. The summed E-state index contributed by atoms with van der Waals surface area (Å²) in [5.41, 5.74) is 2.67. The highest BCUT2D eigenvalue weighted by Gasteiger charge is 2.61. The number of halogens is 6. The molecule has 4 aliphatic heterocycles. The number of carbonyl (C=O) groups is 3. The van der Waals surface area contributed by atoms with E-state index in [9.17, 15) is 27.6 Å². The van der Waals surface area contributed by atoms with Gasteiger partial charge in [-0.2, -0.15) is 19.7 Å². The standard InChI is InChI=1S/C28H35FN8OS.C24H21ClFN7OS.C24H24F3N7OS.8H2/c1-17(2)37-12-4-5-22(37)26(38)30-20-8-10-21(11-9-20)39-27-32-23(31-24-13-18(3)34-35-24)14-25(33-27)36-15-28(29,16-36)19-6-7-19;1-14-13-19(32-31-14)28-21-20(26)22(33-11-4-12-33)30-24(29-21)35-16-9-7-15(8-10-16)27-23(34)17-5-2-3-6-18(17)25;1-13-8-19(33-32-13)29-18-9-20(34-11-23(25,12-34)14-2-3-14)31-22(30-18)36-16-6-4-15(5-7-16)28-21(35)17-10-24(17,26)27;;;;;;;;/h8-11,13-14,17,19,22H,4-7,12,15-16H2,1-3H3,(H,30,38)(H2,31,32,33,34,35);2-3,5-10,13H,4,11-12H2,1H3,(H,27,34)(H2,28,29,30,31,32);4-9,14,17H,2-3,10-12H2,1H3,(H,28,35)(H2,29,30,31,32,33);8*1H/t22-;;;;;;;;;;/m1........../s1. The van der Waals surface area contributed by atoms with Crippen molar-refractivity contribution in [2.75, 3.05) is 92.4 Å². The van der Waals surface area contributed by atoms with E-state index < -0.39 is 41.3 Å². The van der Waals surface area contributed by atoms with Gasteiger partial charge in [-0.25, -0.2) is 47.5 Å². The molecule has 4 aromatic carbocycles. The summed E-state index contributed by atoms with van der Waals surface area (Å²) in [5, 5.41) is 40.8. The molecule has 6 aromatic heterocycles. The number of alkyl halides is 4. The number of aryl methyl sites for hydroxylation is 3. The van der Waals surface area contributed by atoms with Crippen molar-refractivity contribution in [2.45, 2.75) is 145 Å². The highest BCUT2D eigenvalue weighted by atomic mass is 35.5. The van der Waals surface area contributed by atoms with Gasteiger partial charge in [0.25, 0.3) is 11.8 Å². The van der Waals surface area contributed by atoms with Crippen LogP contribution in [0.2, 0.25) is 5.02 Å². The van der Waals surface area contributed by atoms with E-state index in [1.165, 1.54) is 35.3 Å². The maximum absolute atomic E-state index is 15.2. The normalized spacial score (nSPS) is 18.5. The van der Waals surface area contributed by atoms with Gasteiger partial charge < -0.3 is 46.6 Å². The van der Waals surface area contributed by atoms with E-state index in [0.717, 1.165) is 102 Å². The Kier molecular flexibility index (Phi) is 21.7. The number of H-pyrrole nitrogens is 3. The first kappa shape index (κ1) is 75.3. The van der Waals surface area contributed by atoms with E-state index in [2.05, 4.69) is 101 Å². The summed E-state index contributed by atoms with van der Waals surface area (Å²) in [6, 6.07) is 38.1.